The highest BCUT2D eigenvalue weighted by Gasteiger charge is 2.18. The normalized spacial score (nSPS) is 12.9. The molecule has 1 aromatic heterocycles. The molecule has 0 spiro atoms. The molecule has 2 aromatic rings. The molecule has 1 aromatic carbocycles. The van der Waals surface area contributed by atoms with Crippen molar-refractivity contribution in [2.45, 2.75) is 33.2 Å². The van der Waals surface area contributed by atoms with Crippen molar-refractivity contribution in [3.05, 3.63) is 45.3 Å². The molecule has 1 nitrogen and oxygen atoms in total. The summed E-state index contributed by atoms with van der Waals surface area (Å²) in [6.45, 7) is 7.72. The van der Waals surface area contributed by atoms with Crippen molar-refractivity contribution in [1.29, 1.82) is 0 Å². The Morgan fingerprint density at radius 2 is 1.90 bits per heavy atom. The fourth-order valence-electron chi connectivity index (χ4n) is 2.32. The minimum atomic E-state index is 0.390. The van der Waals surface area contributed by atoms with Crippen LogP contribution in [0, 0.1) is 5.92 Å². The predicted molar refractivity (Wildman–Crippen MR) is 95.6 cm³/mol. The number of halogens is 2. The average molecular weight is 342 g/mol. The summed E-state index contributed by atoms with van der Waals surface area (Å²) in [4.78, 5) is 2.52. The summed E-state index contributed by atoms with van der Waals surface area (Å²) in [7, 11) is 0. The third-order valence-corrected chi connectivity index (χ3v) is 5.45. The quantitative estimate of drug-likeness (QED) is 0.639. The maximum Gasteiger partial charge on any atom is 0.0678 e. The summed E-state index contributed by atoms with van der Waals surface area (Å²) in [6, 6.07) is 10.5. The Morgan fingerprint density at radius 1 is 1.14 bits per heavy atom. The molecule has 21 heavy (non-hydrogen) atoms. The lowest BCUT2D eigenvalue weighted by Gasteiger charge is -2.21. The summed E-state index contributed by atoms with van der Waals surface area (Å²) in [6.07, 6.45) is 1.14. The van der Waals surface area contributed by atoms with Crippen molar-refractivity contribution in [1.82, 2.24) is 5.32 Å². The number of hydrogen-bond donors (Lipinski definition) is 1. The molecule has 114 valence electrons. The summed E-state index contributed by atoms with van der Waals surface area (Å²) in [5.41, 5.74) is 1.01. The van der Waals surface area contributed by atoms with Gasteiger partial charge in [0.25, 0.3) is 0 Å². The Kier molecular flexibility index (Phi) is 6.12. The first-order valence-corrected chi connectivity index (χ1v) is 8.89. The molecule has 0 aliphatic heterocycles. The average Bonchev–Trinajstić information content (AvgIpc) is 2.91. The van der Waals surface area contributed by atoms with Gasteiger partial charge in [-0.25, -0.2) is 0 Å². The van der Waals surface area contributed by atoms with E-state index in [4.69, 9.17) is 23.2 Å². The Bertz CT molecular complexity index is 592. The van der Waals surface area contributed by atoms with Crippen LogP contribution in [0.5, 0.6) is 0 Å². The molecule has 0 fully saturated rings. The number of nitrogens with one attached hydrogen (secondary N) is 1. The summed E-state index contributed by atoms with van der Waals surface area (Å²) in [5.74, 6) is 0.554. The van der Waals surface area contributed by atoms with Crippen molar-refractivity contribution in [3.63, 3.8) is 0 Å². The summed E-state index contributed by atoms with van der Waals surface area (Å²) < 4.78 is 0. The lowest BCUT2D eigenvalue weighted by atomic mass is 10.0. The van der Waals surface area contributed by atoms with Crippen molar-refractivity contribution < 1.29 is 0 Å². The molecule has 1 unspecified atom stereocenters. The number of thiophene rings is 1. The highest BCUT2D eigenvalue weighted by Crippen LogP contribution is 2.39. The number of hydrogen-bond acceptors (Lipinski definition) is 2. The van der Waals surface area contributed by atoms with Gasteiger partial charge >= 0.3 is 0 Å². The predicted octanol–water partition coefficient (Wildman–Crippen LogP) is 6.42. The molecule has 0 saturated carbocycles. The van der Waals surface area contributed by atoms with Gasteiger partial charge in [-0.1, -0.05) is 56.1 Å². The van der Waals surface area contributed by atoms with Crippen molar-refractivity contribution in [2.75, 3.05) is 6.54 Å². The van der Waals surface area contributed by atoms with Crippen LogP contribution in [0.1, 0.15) is 38.1 Å². The number of rotatable bonds is 6. The van der Waals surface area contributed by atoms with Gasteiger partial charge in [-0.3, -0.25) is 0 Å². The Labute approximate surface area is 141 Å². The lowest BCUT2D eigenvalue weighted by molar-refractivity contribution is 0.418. The Balaban J connectivity index is 2.29. The van der Waals surface area contributed by atoms with Crippen LogP contribution in [0.15, 0.2) is 30.3 Å². The van der Waals surface area contributed by atoms with Crippen LogP contribution >= 0.6 is 34.5 Å². The molecule has 2 rings (SSSR count). The zero-order valence-electron chi connectivity index (χ0n) is 12.6. The second kappa shape index (κ2) is 7.64. The van der Waals surface area contributed by atoms with E-state index in [1.807, 2.05) is 18.2 Å². The monoisotopic (exact) mass is 341 g/mol. The van der Waals surface area contributed by atoms with E-state index in [1.54, 1.807) is 11.3 Å². The minimum absolute atomic E-state index is 0.390. The van der Waals surface area contributed by atoms with Crippen LogP contribution in [-0.2, 0) is 0 Å². The van der Waals surface area contributed by atoms with Gasteiger partial charge < -0.3 is 5.32 Å². The van der Waals surface area contributed by atoms with Gasteiger partial charge in [-0.05, 0) is 37.1 Å². The van der Waals surface area contributed by atoms with Crippen molar-refractivity contribution in [3.8, 4) is 10.4 Å². The smallest absolute Gasteiger partial charge is 0.0678 e. The highest BCUT2D eigenvalue weighted by molar-refractivity contribution is 7.15. The highest BCUT2D eigenvalue weighted by atomic mass is 35.5. The van der Waals surface area contributed by atoms with Crippen LogP contribution in [0.4, 0.5) is 0 Å². The zero-order chi connectivity index (χ0) is 15.4. The molecule has 0 aliphatic carbocycles. The molecule has 0 amide bonds. The molecule has 0 bridgehead atoms. The van der Waals surface area contributed by atoms with E-state index in [2.05, 4.69) is 38.2 Å². The molecule has 1 heterocycles. The third-order valence-electron chi connectivity index (χ3n) is 3.43. The number of benzene rings is 1. The maximum absolute atomic E-state index is 6.32. The van der Waals surface area contributed by atoms with E-state index in [9.17, 15) is 0 Å². The fourth-order valence-corrected chi connectivity index (χ4v) is 4.07. The van der Waals surface area contributed by atoms with E-state index in [-0.39, 0.29) is 0 Å². The van der Waals surface area contributed by atoms with Gasteiger partial charge in [0.15, 0.2) is 0 Å². The van der Waals surface area contributed by atoms with Crippen molar-refractivity contribution >= 4 is 34.5 Å². The molecular formula is C17H21Cl2NS. The first-order valence-electron chi connectivity index (χ1n) is 7.32. The summed E-state index contributed by atoms with van der Waals surface area (Å²) >= 11 is 14.2. The molecule has 0 saturated heterocycles. The van der Waals surface area contributed by atoms with Gasteiger partial charge in [0, 0.05) is 21.4 Å². The minimum Gasteiger partial charge on any atom is -0.309 e. The van der Waals surface area contributed by atoms with E-state index < -0.39 is 0 Å². The third kappa shape index (κ3) is 4.01. The SMILES string of the molecule is CCCNC(c1ccc(-c2cccc(Cl)c2Cl)s1)C(C)C. The van der Waals surface area contributed by atoms with Gasteiger partial charge in [-0.2, -0.15) is 0 Å². The Hall–Kier alpha value is -0.540. The second-order valence-electron chi connectivity index (χ2n) is 5.48. The standard InChI is InChI=1S/C17H21Cl2NS/c1-4-10-20-17(11(2)3)15-9-8-14(21-15)12-6-5-7-13(18)16(12)19/h5-9,11,17,20H,4,10H2,1-3H3. The van der Waals surface area contributed by atoms with Crippen LogP contribution in [-0.4, -0.2) is 6.54 Å². The molecule has 4 heteroatoms. The largest absolute Gasteiger partial charge is 0.309 e. The van der Waals surface area contributed by atoms with Crippen LogP contribution in [0.2, 0.25) is 10.0 Å². The summed E-state index contributed by atoms with van der Waals surface area (Å²) in [5, 5.41) is 4.87. The van der Waals surface area contributed by atoms with Gasteiger partial charge in [0.1, 0.15) is 0 Å². The first-order chi connectivity index (χ1) is 10.0. The van der Waals surface area contributed by atoms with Crippen LogP contribution in [0.25, 0.3) is 10.4 Å². The molecular weight excluding hydrogens is 321 g/mol. The molecule has 0 radical (unpaired) electrons. The van der Waals surface area contributed by atoms with E-state index in [1.165, 1.54) is 9.75 Å². The second-order valence-corrected chi connectivity index (χ2v) is 7.38. The first kappa shape index (κ1) is 16.8. The van der Waals surface area contributed by atoms with Gasteiger partial charge in [-0.15, -0.1) is 11.3 Å². The fraction of sp³-hybridized carbons (Fsp3) is 0.412. The van der Waals surface area contributed by atoms with Crippen LogP contribution in [0.3, 0.4) is 0 Å². The van der Waals surface area contributed by atoms with Crippen LogP contribution < -0.4 is 5.32 Å². The van der Waals surface area contributed by atoms with E-state index in [0.717, 1.165) is 18.5 Å². The lowest BCUT2D eigenvalue weighted by Crippen LogP contribution is -2.25. The van der Waals surface area contributed by atoms with Crippen molar-refractivity contribution in [2.24, 2.45) is 5.92 Å². The van der Waals surface area contributed by atoms with Gasteiger partial charge in [0.05, 0.1) is 10.0 Å². The molecule has 1 N–H and O–H groups in total. The Morgan fingerprint density at radius 3 is 2.57 bits per heavy atom. The van der Waals surface area contributed by atoms with E-state index in [0.29, 0.717) is 22.0 Å². The molecule has 0 aliphatic rings. The van der Waals surface area contributed by atoms with Gasteiger partial charge in [0.2, 0.25) is 0 Å². The topological polar surface area (TPSA) is 12.0 Å². The zero-order valence-corrected chi connectivity index (χ0v) is 14.9. The van der Waals surface area contributed by atoms with E-state index >= 15 is 0 Å². The molecule has 1 atom stereocenters. The maximum atomic E-state index is 6.32.